The molecule has 0 amide bonds. The summed E-state index contributed by atoms with van der Waals surface area (Å²) in [6.45, 7) is 6.08. The minimum absolute atomic E-state index is 0.000816. The maximum atomic E-state index is 11.7. The van der Waals surface area contributed by atoms with Gasteiger partial charge in [-0.25, -0.2) is 0 Å². The van der Waals surface area contributed by atoms with Gasteiger partial charge in [-0.2, -0.15) is 0 Å². The Morgan fingerprint density at radius 2 is 2.17 bits per heavy atom. The molecule has 2 nitrogen and oxygen atoms in total. The summed E-state index contributed by atoms with van der Waals surface area (Å²) in [4.78, 5) is 11.7. The lowest BCUT2D eigenvalue weighted by atomic mass is 9.64. The minimum Gasteiger partial charge on any atom is -0.489 e. The van der Waals surface area contributed by atoms with E-state index in [4.69, 9.17) is 16.3 Å². The number of aryl methyl sites for hydroxylation is 1. The van der Waals surface area contributed by atoms with Crippen LogP contribution >= 0.6 is 11.6 Å². The van der Waals surface area contributed by atoms with Crippen molar-refractivity contribution in [2.75, 3.05) is 0 Å². The molecule has 1 aromatic rings. The van der Waals surface area contributed by atoms with Gasteiger partial charge in [-0.15, -0.1) is 0 Å². The molecule has 1 aromatic carbocycles. The molecule has 0 heterocycles. The number of halogens is 1. The predicted octanol–water partition coefficient (Wildman–Crippen LogP) is 4.04. The minimum atomic E-state index is -0.313. The quantitative estimate of drug-likeness (QED) is 0.822. The van der Waals surface area contributed by atoms with Crippen LogP contribution in [0.2, 0.25) is 5.02 Å². The Labute approximate surface area is 113 Å². The van der Waals surface area contributed by atoms with Crippen molar-refractivity contribution >= 4 is 17.4 Å². The zero-order valence-corrected chi connectivity index (χ0v) is 11.9. The summed E-state index contributed by atoms with van der Waals surface area (Å²) in [5.41, 5.74) is 0.768. The predicted molar refractivity (Wildman–Crippen MR) is 73.3 cm³/mol. The van der Waals surface area contributed by atoms with Crippen LogP contribution < -0.4 is 4.74 Å². The first-order valence-electron chi connectivity index (χ1n) is 6.49. The van der Waals surface area contributed by atoms with E-state index in [9.17, 15) is 4.79 Å². The highest BCUT2D eigenvalue weighted by atomic mass is 35.5. The molecule has 3 heteroatoms. The van der Waals surface area contributed by atoms with Crippen LogP contribution in [0.15, 0.2) is 18.2 Å². The van der Waals surface area contributed by atoms with Crippen LogP contribution in [0.4, 0.5) is 0 Å². The molecule has 1 aliphatic carbocycles. The van der Waals surface area contributed by atoms with Crippen LogP contribution in [0.3, 0.4) is 0 Å². The van der Waals surface area contributed by atoms with Crippen molar-refractivity contribution in [1.29, 1.82) is 0 Å². The van der Waals surface area contributed by atoms with Crippen molar-refractivity contribution in [3.05, 3.63) is 28.8 Å². The van der Waals surface area contributed by atoms with Crippen molar-refractivity contribution < 1.29 is 9.53 Å². The van der Waals surface area contributed by atoms with E-state index in [1.807, 2.05) is 32.0 Å². The lowest BCUT2D eigenvalue weighted by molar-refractivity contribution is -0.150. The molecule has 0 spiro atoms. The van der Waals surface area contributed by atoms with Crippen molar-refractivity contribution in [2.45, 2.75) is 46.1 Å². The molecule has 1 saturated carbocycles. The number of benzene rings is 1. The molecule has 1 fully saturated rings. The Morgan fingerprint density at radius 3 is 2.72 bits per heavy atom. The Balaban J connectivity index is 2.13. The fourth-order valence-corrected chi connectivity index (χ4v) is 2.58. The standard InChI is InChI=1S/C15H19ClO2/c1-4-10-8-11(6-7-12(10)16)18-14-9-13(17)15(14,3)5-2/h6-8,14H,4-5,9H2,1-3H3. The third-order valence-electron chi connectivity index (χ3n) is 4.13. The maximum Gasteiger partial charge on any atom is 0.146 e. The van der Waals surface area contributed by atoms with Crippen molar-refractivity contribution in [2.24, 2.45) is 5.41 Å². The highest BCUT2D eigenvalue weighted by molar-refractivity contribution is 6.31. The van der Waals surface area contributed by atoms with Crippen LogP contribution in [-0.2, 0) is 11.2 Å². The Bertz CT molecular complexity index is 470. The first-order valence-corrected chi connectivity index (χ1v) is 6.87. The zero-order valence-electron chi connectivity index (χ0n) is 11.1. The number of ether oxygens (including phenoxy) is 1. The van der Waals surface area contributed by atoms with Crippen molar-refractivity contribution in [3.63, 3.8) is 0 Å². The first-order chi connectivity index (χ1) is 8.51. The third kappa shape index (κ3) is 2.14. The van der Waals surface area contributed by atoms with Crippen LogP contribution in [0.1, 0.15) is 39.2 Å². The van der Waals surface area contributed by atoms with Crippen LogP contribution in [-0.4, -0.2) is 11.9 Å². The molecule has 0 N–H and O–H groups in total. The first kappa shape index (κ1) is 13.4. The highest BCUT2D eigenvalue weighted by Gasteiger charge is 2.51. The lowest BCUT2D eigenvalue weighted by Crippen LogP contribution is -2.54. The molecule has 2 unspecified atom stereocenters. The number of ketones is 1. The maximum absolute atomic E-state index is 11.7. The van der Waals surface area contributed by atoms with Gasteiger partial charge in [-0.1, -0.05) is 25.4 Å². The number of hydrogen-bond acceptors (Lipinski definition) is 2. The summed E-state index contributed by atoms with van der Waals surface area (Å²) >= 11 is 6.08. The molecule has 0 saturated heterocycles. The van der Waals surface area contributed by atoms with E-state index in [2.05, 4.69) is 6.92 Å². The van der Waals surface area contributed by atoms with Gasteiger partial charge in [0.1, 0.15) is 17.6 Å². The van der Waals surface area contributed by atoms with E-state index < -0.39 is 0 Å². The molecule has 0 aromatic heterocycles. The zero-order chi connectivity index (χ0) is 13.3. The number of carbonyl (C=O) groups is 1. The molecule has 2 rings (SSSR count). The van der Waals surface area contributed by atoms with Gasteiger partial charge in [-0.3, -0.25) is 4.79 Å². The van der Waals surface area contributed by atoms with Gasteiger partial charge >= 0.3 is 0 Å². The Hall–Kier alpha value is -1.02. The van der Waals surface area contributed by atoms with Gasteiger partial charge in [0.25, 0.3) is 0 Å². The van der Waals surface area contributed by atoms with E-state index in [0.717, 1.165) is 29.2 Å². The average Bonchev–Trinajstić information content (AvgIpc) is 2.39. The molecule has 0 bridgehead atoms. The van der Waals surface area contributed by atoms with Crippen molar-refractivity contribution in [3.8, 4) is 5.75 Å². The van der Waals surface area contributed by atoms with Crippen LogP contribution in [0, 0.1) is 5.41 Å². The number of hydrogen-bond donors (Lipinski definition) is 0. The molecule has 1 aliphatic rings. The second-order valence-electron chi connectivity index (χ2n) is 5.11. The van der Waals surface area contributed by atoms with Gasteiger partial charge < -0.3 is 4.74 Å². The largest absolute Gasteiger partial charge is 0.489 e. The van der Waals surface area contributed by atoms with Crippen LogP contribution in [0.25, 0.3) is 0 Å². The van der Waals surface area contributed by atoms with E-state index in [1.54, 1.807) is 0 Å². The van der Waals surface area contributed by atoms with E-state index in [-0.39, 0.29) is 11.5 Å². The molecule has 98 valence electrons. The fourth-order valence-electron chi connectivity index (χ4n) is 2.33. The van der Waals surface area contributed by atoms with Crippen LogP contribution in [0.5, 0.6) is 5.75 Å². The average molecular weight is 267 g/mol. The molecular weight excluding hydrogens is 248 g/mol. The summed E-state index contributed by atoms with van der Waals surface area (Å²) in [7, 11) is 0. The van der Waals surface area contributed by atoms with Gasteiger partial charge in [0.05, 0.1) is 5.41 Å². The normalized spacial score (nSPS) is 26.9. The topological polar surface area (TPSA) is 26.3 Å². The summed E-state index contributed by atoms with van der Waals surface area (Å²) < 4.78 is 5.95. The smallest absolute Gasteiger partial charge is 0.146 e. The third-order valence-corrected chi connectivity index (χ3v) is 4.50. The van der Waals surface area contributed by atoms with Gasteiger partial charge in [0.2, 0.25) is 0 Å². The monoisotopic (exact) mass is 266 g/mol. The Morgan fingerprint density at radius 1 is 1.44 bits per heavy atom. The number of carbonyl (C=O) groups excluding carboxylic acids is 1. The van der Waals surface area contributed by atoms with E-state index in [0.29, 0.717) is 12.2 Å². The second-order valence-corrected chi connectivity index (χ2v) is 5.52. The van der Waals surface area contributed by atoms with Gasteiger partial charge in [0, 0.05) is 11.4 Å². The van der Waals surface area contributed by atoms with Crippen molar-refractivity contribution in [1.82, 2.24) is 0 Å². The summed E-state index contributed by atoms with van der Waals surface area (Å²) in [5, 5.41) is 0.771. The summed E-state index contributed by atoms with van der Waals surface area (Å²) in [5.74, 6) is 1.12. The van der Waals surface area contributed by atoms with E-state index >= 15 is 0 Å². The molecule has 0 radical (unpaired) electrons. The fraction of sp³-hybridized carbons (Fsp3) is 0.533. The van der Waals surface area contributed by atoms with Gasteiger partial charge in [-0.05, 0) is 43.5 Å². The second kappa shape index (κ2) is 4.93. The molecule has 0 aliphatic heterocycles. The number of Topliss-reactive ketones (excluding diaryl/α,β-unsaturated/α-hetero) is 1. The molecular formula is C15H19ClO2. The summed E-state index contributed by atoms with van der Waals surface area (Å²) in [6, 6.07) is 5.71. The van der Waals surface area contributed by atoms with Gasteiger partial charge in [0.15, 0.2) is 0 Å². The lowest BCUT2D eigenvalue weighted by Gasteiger charge is -2.44. The Kier molecular flexibility index (Phi) is 3.67. The highest BCUT2D eigenvalue weighted by Crippen LogP contribution is 2.42. The number of rotatable bonds is 4. The molecule has 2 atom stereocenters. The molecule has 18 heavy (non-hydrogen) atoms. The van der Waals surface area contributed by atoms with E-state index in [1.165, 1.54) is 0 Å². The SMILES string of the molecule is CCc1cc(OC2CC(=O)C2(C)CC)ccc1Cl. The summed E-state index contributed by atoms with van der Waals surface area (Å²) in [6.07, 6.45) is 2.23.